The molecule has 25 heavy (non-hydrogen) atoms. The minimum absolute atomic E-state index is 0.0276. The van der Waals surface area contributed by atoms with Crippen LogP contribution in [-0.4, -0.2) is 26.3 Å². The number of carbonyl (C=O) groups excluding carboxylic acids is 2. The zero-order chi connectivity index (χ0) is 18.4. The Morgan fingerprint density at radius 2 is 1.96 bits per heavy atom. The summed E-state index contributed by atoms with van der Waals surface area (Å²) in [7, 11) is -4.11. The zero-order valence-electron chi connectivity index (χ0n) is 13.7. The average Bonchev–Trinajstić information content (AvgIpc) is 2.84. The second-order valence-electron chi connectivity index (χ2n) is 6.42. The molecule has 1 heterocycles. The summed E-state index contributed by atoms with van der Waals surface area (Å²) in [5.41, 5.74) is 0.927. The number of rotatable bonds is 6. The van der Waals surface area contributed by atoms with Gasteiger partial charge in [0.05, 0.1) is 16.9 Å². The molecule has 2 aromatic rings. The van der Waals surface area contributed by atoms with Crippen LogP contribution < -0.4 is 15.1 Å². The van der Waals surface area contributed by atoms with Crippen LogP contribution in [0, 0.1) is 5.92 Å². The van der Waals surface area contributed by atoms with Crippen LogP contribution in [0.2, 0.25) is 0 Å². The normalized spacial score (nSPS) is 14.8. The molecule has 7 nitrogen and oxygen atoms in total. The number of carboxylic acid groups (broad SMARTS) is 1. The lowest BCUT2D eigenvalue weighted by molar-refractivity contribution is -0.308. The third-order valence-electron chi connectivity index (χ3n) is 4.07. The van der Waals surface area contributed by atoms with Crippen molar-refractivity contribution in [3.05, 3.63) is 35.9 Å². The first-order valence-corrected chi connectivity index (χ1v) is 9.29. The first kappa shape index (κ1) is 17.4. The highest BCUT2D eigenvalue weighted by molar-refractivity contribution is 7.89. The van der Waals surface area contributed by atoms with E-state index in [2.05, 4.69) is 10.0 Å². The molecule has 0 saturated heterocycles. The fourth-order valence-electron chi connectivity index (χ4n) is 3.01. The van der Waals surface area contributed by atoms with Gasteiger partial charge in [-0.2, -0.15) is 0 Å². The van der Waals surface area contributed by atoms with Crippen molar-refractivity contribution in [2.45, 2.75) is 31.2 Å². The maximum atomic E-state index is 12.8. The van der Waals surface area contributed by atoms with Crippen LogP contribution in [0.5, 0.6) is 0 Å². The van der Waals surface area contributed by atoms with Crippen LogP contribution in [-0.2, 0) is 14.8 Å². The summed E-state index contributed by atoms with van der Waals surface area (Å²) in [6.45, 7) is 3.58. The van der Waals surface area contributed by atoms with Crippen molar-refractivity contribution >= 4 is 38.4 Å². The van der Waals surface area contributed by atoms with E-state index in [9.17, 15) is 23.1 Å². The van der Waals surface area contributed by atoms with Gasteiger partial charge >= 0.3 is 0 Å². The molecule has 1 amide bonds. The molecule has 2 aromatic carbocycles. The Kier molecular flexibility index (Phi) is 4.26. The van der Waals surface area contributed by atoms with E-state index in [1.165, 1.54) is 12.1 Å². The summed E-state index contributed by atoms with van der Waals surface area (Å²) < 4.78 is 27.7. The lowest BCUT2D eigenvalue weighted by Crippen LogP contribution is -2.48. The van der Waals surface area contributed by atoms with E-state index in [4.69, 9.17) is 0 Å². The molecule has 0 spiro atoms. The van der Waals surface area contributed by atoms with Gasteiger partial charge in [0.1, 0.15) is 0 Å². The molecule has 3 rings (SSSR count). The van der Waals surface area contributed by atoms with Gasteiger partial charge in [-0.3, -0.25) is 4.79 Å². The Hall–Kier alpha value is -2.45. The molecule has 0 radical (unpaired) electrons. The van der Waals surface area contributed by atoms with Crippen LogP contribution in [0.1, 0.15) is 30.6 Å². The van der Waals surface area contributed by atoms with Gasteiger partial charge in [0.2, 0.25) is 10.0 Å². The Morgan fingerprint density at radius 1 is 1.24 bits per heavy atom. The van der Waals surface area contributed by atoms with Crippen LogP contribution in [0.3, 0.4) is 0 Å². The number of hydrogen-bond donors (Lipinski definition) is 2. The van der Waals surface area contributed by atoms with Gasteiger partial charge in [-0.15, -0.1) is 0 Å². The van der Waals surface area contributed by atoms with Gasteiger partial charge in [-0.05, 0) is 30.5 Å². The lowest BCUT2D eigenvalue weighted by atomic mass is 10.1. The molecule has 0 bridgehead atoms. The van der Waals surface area contributed by atoms with Crippen molar-refractivity contribution in [1.29, 1.82) is 0 Å². The second-order valence-corrected chi connectivity index (χ2v) is 8.10. The molecule has 132 valence electrons. The quantitative estimate of drug-likeness (QED) is 0.791. The summed E-state index contributed by atoms with van der Waals surface area (Å²) in [6, 6.07) is 6.33. The van der Waals surface area contributed by atoms with E-state index >= 15 is 0 Å². The first-order chi connectivity index (χ1) is 11.7. The van der Waals surface area contributed by atoms with Gasteiger partial charge in [-0.25, -0.2) is 13.1 Å². The van der Waals surface area contributed by atoms with Gasteiger partial charge in [-0.1, -0.05) is 26.0 Å². The minimum Gasteiger partial charge on any atom is -0.548 e. The molecule has 8 heteroatoms. The molecular weight excluding hydrogens is 344 g/mol. The summed E-state index contributed by atoms with van der Waals surface area (Å²) in [6.07, 6.45) is 0.114. The van der Waals surface area contributed by atoms with Crippen LogP contribution in [0.15, 0.2) is 35.2 Å². The second kappa shape index (κ2) is 6.12. The Bertz CT molecular complexity index is 982. The Labute approximate surface area is 145 Å². The monoisotopic (exact) mass is 361 g/mol. The SMILES string of the molecule is CC(C)C[C@H](NS(=O)(=O)c1ccc2c3c(cccc13)C(=O)N2)C(=O)[O-]. The number of amides is 1. The molecule has 2 N–H and O–H groups in total. The number of benzene rings is 2. The number of carboxylic acids is 1. The van der Waals surface area contributed by atoms with E-state index in [-0.39, 0.29) is 23.1 Å². The predicted octanol–water partition coefficient (Wildman–Crippen LogP) is 0.848. The fraction of sp³-hybridized carbons (Fsp3) is 0.294. The molecule has 0 fully saturated rings. The molecule has 0 saturated carbocycles. The first-order valence-electron chi connectivity index (χ1n) is 7.81. The molecule has 0 aliphatic carbocycles. The van der Waals surface area contributed by atoms with Crippen LogP contribution in [0.4, 0.5) is 5.69 Å². The van der Waals surface area contributed by atoms with Crippen molar-refractivity contribution in [2.75, 3.05) is 5.32 Å². The standard InChI is InChI=1S/C17H18N2O5S/c1-9(2)8-13(17(21)22)19-25(23,24)14-7-6-12-15-10(14)4-3-5-11(15)16(20)18-12/h3-7,9,13,19H,8H2,1-2H3,(H,18,20)(H,21,22)/p-1/t13-/m0/s1. The third kappa shape index (κ3) is 3.10. The Morgan fingerprint density at radius 3 is 2.60 bits per heavy atom. The van der Waals surface area contributed by atoms with E-state index in [1.54, 1.807) is 32.0 Å². The van der Waals surface area contributed by atoms with E-state index in [1.807, 2.05) is 0 Å². The smallest absolute Gasteiger partial charge is 0.256 e. The minimum atomic E-state index is -4.11. The van der Waals surface area contributed by atoms with Crippen molar-refractivity contribution in [3.63, 3.8) is 0 Å². The van der Waals surface area contributed by atoms with Crippen molar-refractivity contribution in [2.24, 2.45) is 5.92 Å². The largest absolute Gasteiger partial charge is 0.548 e. The fourth-order valence-corrected chi connectivity index (χ4v) is 4.41. The molecule has 0 unspecified atom stereocenters. The lowest BCUT2D eigenvalue weighted by Gasteiger charge is -2.22. The summed E-state index contributed by atoms with van der Waals surface area (Å²) in [4.78, 5) is 23.1. The maximum absolute atomic E-state index is 12.8. The number of hydrogen-bond acceptors (Lipinski definition) is 5. The number of carbonyl (C=O) groups is 2. The third-order valence-corrected chi connectivity index (χ3v) is 5.60. The summed E-state index contributed by atoms with van der Waals surface area (Å²) >= 11 is 0. The zero-order valence-corrected chi connectivity index (χ0v) is 14.5. The van der Waals surface area contributed by atoms with Gasteiger partial charge < -0.3 is 15.2 Å². The number of aliphatic carboxylic acids is 1. The van der Waals surface area contributed by atoms with E-state index in [0.717, 1.165) is 0 Å². The van der Waals surface area contributed by atoms with Gasteiger partial charge in [0.15, 0.2) is 0 Å². The summed E-state index contributed by atoms with van der Waals surface area (Å²) in [5, 5.41) is 14.8. The maximum Gasteiger partial charge on any atom is 0.256 e. The highest BCUT2D eigenvalue weighted by atomic mass is 32.2. The highest BCUT2D eigenvalue weighted by Gasteiger charge is 2.28. The van der Waals surface area contributed by atoms with Crippen molar-refractivity contribution < 1.29 is 23.1 Å². The number of anilines is 1. The summed E-state index contributed by atoms with van der Waals surface area (Å²) in [5.74, 6) is -1.80. The van der Waals surface area contributed by atoms with E-state index in [0.29, 0.717) is 22.0 Å². The Balaban J connectivity index is 2.09. The number of sulfonamides is 1. The predicted molar refractivity (Wildman–Crippen MR) is 90.5 cm³/mol. The van der Waals surface area contributed by atoms with Crippen LogP contribution in [0.25, 0.3) is 10.8 Å². The molecule has 1 aliphatic heterocycles. The van der Waals surface area contributed by atoms with Crippen molar-refractivity contribution in [3.8, 4) is 0 Å². The average molecular weight is 361 g/mol. The highest BCUT2D eigenvalue weighted by Crippen LogP contribution is 2.36. The topological polar surface area (TPSA) is 115 Å². The number of nitrogens with one attached hydrogen (secondary N) is 2. The molecular formula is C17H17N2O5S-. The molecule has 1 atom stereocenters. The van der Waals surface area contributed by atoms with Gasteiger partial charge in [0.25, 0.3) is 5.91 Å². The van der Waals surface area contributed by atoms with Crippen molar-refractivity contribution in [1.82, 2.24) is 4.72 Å². The van der Waals surface area contributed by atoms with Crippen LogP contribution >= 0.6 is 0 Å². The van der Waals surface area contributed by atoms with Gasteiger partial charge in [0, 0.05) is 22.0 Å². The molecule has 1 aliphatic rings. The van der Waals surface area contributed by atoms with E-state index < -0.39 is 22.0 Å². The molecule has 0 aromatic heterocycles.